The Bertz CT molecular complexity index is 875. The van der Waals surface area contributed by atoms with Crippen LogP contribution in [0.3, 0.4) is 0 Å². The van der Waals surface area contributed by atoms with Crippen molar-refractivity contribution < 1.29 is 24.5 Å². The summed E-state index contributed by atoms with van der Waals surface area (Å²) in [6.45, 7) is 8.56. The van der Waals surface area contributed by atoms with Crippen molar-refractivity contribution in [2.75, 3.05) is 17.9 Å². The summed E-state index contributed by atoms with van der Waals surface area (Å²) in [5, 5.41) is 19.6. The van der Waals surface area contributed by atoms with E-state index in [4.69, 9.17) is 9.47 Å². The van der Waals surface area contributed by atoms with Crippen molar-refractivity contribution in [2.24, 2.45) is 0 Å². The number of phenols is 1. The van der Waals surface area contributed by atoms with E-state index in [0.29, 0.717) is 40.9 Å². The second kappa shape index (κ2) is 9.94. The Labute approximate surface area is 169 Å². The van der Waals surface area contributed by atoms with Crippen molar-refractivity contribution in [2.45, 2.75) is 32.6 Å². The molecule has 0 saturated heterocycles. The van der Waals surface area contributed by atoms with Crippen molar-refractivity contribution in [1.29, 1.82) is 0 Å². The van der Waals surface area contributed by atoms with Crippen LogP contribution in [0.1, 0.15) is 43.6 Å². The number of anilines is 1. The summed E-state index contributed by atoms with van der Waals surface area (Å²) in [5.41, 5.74) is 1.97. The molecular weight excluding hydrogens is 378 g/mol. The zero-order valence-corrected chi connectivity index (χ0v) is 17.2. The Hall–Kier alpha value is -2.80. The Balaban J connectivity index is 2.36. The number of allylic oxidation sites excluding steroid dienone is 1. The largest absolute Gasteiger partial charge is 0.506 e. The maximum atomic E-state index is 11.5. The fourth-order valence-corrected chi connectivity index (χ4v) is 3.30. The number of aromatic carboxylic acids is 1. The number of ether oxygens (including phenoxy) is 2. The van der Waals surface area contributed by atoms with Crippen LogP contribution in [0.25, 0.3) is 6.08 Å². The van der Waals surface area contributed by atoms with Crippen LogP contribution in [-0.2, 0) is 0 Å². The van der Waals surface area contributed by atoms with Crippen LogP contribution >= 0.6 is 11.9 Å². The molecule has 2 rings (SSSR count). The molecule has 0 atom stereocenters. The zero-order valence-electron chi connectivity index (χ0n) is 16.4. The Morgan fingerprint density at radius 2 is 1.89 bits per heavy atom. The maximum Gasteiger partial charge on any atom is 0.339 e. The standard InChI is InChI=1S/C21H25NO5S/c1-5-26-18-9-7-8-17(20(18)27-6-2)22-28-15-11-14(10-13(3)4)19(23)16(12-15)21(24)25/h7-12,22-23H,5-6H2,1-4H3,(H,24,25). The second-order valence-corrected chi connectivity index (χ2v) is 7.02. The molecule has 2 aromatic rings. The third kappa shape index (κ3) is 5.36. The number of para-hydroxylation sites is 1. The van der Waals surface area contributed by atoms with E-state index in [1.54, 1.807) is 12.1 Å². The van der Waals surface area contributed by atoms with Gasteiger partial charge in [0.15, 0.2) is 11.5 Å². The van der Waals surface area contributed by atoms with Gasteiger partial charge in [-0.1, -0.05) is 17.7 Å². The molecule has 2 aromatic carbocycles. The number of carboxylic acid groups (broad SMARTS) is 1. The highest BCUT2D eigenvalue weighted by molar-refractivity contribution is 8.00. The Kier molecular flexibility index (Phi) is 7.63. The van der Waals surface area contributed by atoms with Crippen LogP contribution in [0.15, 0.2) is 40.8 Å². The van der Waals surface area contributed by atoms with E-state index >= 15 is 0 Å². The molecule has 0 aliphatic rings. The summed E-state index contributed by atoms with van der Waals surface area (Å²) in [7, 11) is 0. The lowest BCUT2D eigenvalue weighted by Gasteiger charge is -2.16. The van der Waals surface area contributed by atoms with E-state index in [2.05, 4.69) is 4.72 Å². The van der Waals surface area contributed by atoms with Crippen LogP contribution in [0.5, 0.6) is 17.2 Å². The topological polar surface area (TPSA) is 88.0 Å². The van der Waals surface area contributed by atoms with E-state index in [1.165, 1.54) is 18.0 Å². The molecule has 6 nitrogen and oxygen atoms in total. The molecule has 0 aliphatic carbocycles. The van der Waals surface area contributed by atoms with Crippen molar-refractivity contribution >= 4 is 29.7 Å². The van der Waals surface area contributed by atoms with Crippen LogP contribution < -0.4 is 14.2 Å². The number of rotatable bonds is 9. The minimum absolute atomic E-state index is 0.146. The molecule has 150 valence electrons. The van der Waals surface area contributed by atoms with Gasteiger partial charge in [-0.05, 0) is 63.9 Å². The first-order chi connectivity index (χ1) is 13.4. The minimum atomic E-state index is -1.18. The van der Waals surface area contributed by atoms with Crippen molar-refractivity contribution in [3.05, 3.63) is 47.0 Å². The minimum Gasteiger partial charge on any atom is -0.506 e. The van der Waals surface area contributed by atoms with Gasteiger partial charge in [-0.15, -0.1) is 0 Å². The molecule has 0 spiro atoms. The molecular formula is C21H25NO5S. The molecule has 0 bridgehead atoms. The summed E-state index contributed by atoms with van der Waals surface area (Å²) >= 11 is 1.23. The van der Waals surface area contributed by atoms with Gasteiger partial charge in [0.25, 0.3) is 0 Å². The van der Waals surface area contributed by atoms with Gasteiger partial charge in [-0.25, -0.2) is 4.79 Å². The van der Waals surface area contributed by atoms with Crippen LogP contribution in [0.2, 0.25) is 0 Å². The number of hydrogen-bond donors (Lipinski definition) is 3. The van der Waals surface area contributed by atoms with E-state index in [9.17, 15) is 15.0 Å². The first-order valence-electron chi connectivity index (χ1n) is 8.94. The molecule has 0 aliphatic heterocycles. The molecule has 0 heterocycles. The monoisotopic (exact) mass is 403 g/mol. The van der Waals surface area contributed by atoms with Crippen LogP contribution in [-0.4, -0.2) is 29.4 Å². The lowest BCUT2D eigenvalue weighted by Crippen LogP contribution is -2.02. The Morgan fingerprint density at radius 3 is 2.50 bits per heavy atom. The highest BCUT2D eigenvalue weighted by Crippen LogP contribution is 2.39. The number of hydrogen-bond acceptors (Lipinski definition) is 6. The van der Waals surface area contributed by atoms with Crippen molar-refractivity contribution in [3.63, 3.8) is 0 Å². The van der Waals surface area contributed by atoms with Gasteiger partial charge in [0.05, 0.1) is 18.9 Å². The van der Waals surface area contributed by atoms with E-state index in [1.807, 2.05) is 45.9 Å². The van der Waals surface area contributed by atoms with Gasteiger partial charge in [0.1, 0.15) is 11.3 Å². The number of carboxylic acids is 1. The quantitative estimate of drug-likeness (QED) is 0.481. The fraction of sp³-hybridized carbons (Fsp3) is 0.286. The first-order valence-corrected chi connectivity index (χ1v) is 9.75. The summed E-state index contributed by atoms with van der Waals surface area (Å²) in [6.07, 6.45) is 1.74. The van der Waals surface area contributed by atoms with Crippen LogP contribution in [0.4, 0.5) is 5.69 Å². The summed E-state index contributed by atoms with van der Waals surface area (Å²) in [6, 6.07) is 8.71. The fourth-order valence-electron chi connectivity index (χ4n) is 2.54. The third-order valence-corrected chi connectivity index (χ3v) is 4.43. The highest BCUT2D eigenvalue weighted by Gasteiger charge is 2.16. The Morgan fingerprint density at radius 1 is 1.18 bits per heavy atom. The van der Waals surface area contributed by atoms with Gasteiger partial charge >= 0.3 is 5.97 Å². The summed E-state index contributed by atoms with van der Waals surface area (Å²) in [4.78, 5) is 12.1. The highest BCUT2D eigenvalue weighted by atomic mass is 32.2. The molecule has 0 saturated carbocycles. The zero-order chi connectivity index (χ0) is 20.7. The third-order valence-electron chi connectivity index (χ3n) is 3.63. The number of aromatic hydroxyl groups is 1. The van der Waals surface area contributed by atoms with Crippen molar-refractivity contribution in [3.8, 4) is 17.2 Å². The van der Waals surface area contributed by atoms with E-state index < -0.39 is 5.97 Å². The maximum absolute atomic E-state index is 11.5. The lowest BCUT2D eigenvalue weighted by molar-refractivity contribution is 0.0693. The van der Waals surface area contributed by atoms with Gasteiger partial charge < -0.3 is 24.4 Å². The molecule has 0 radical (unpaired) electrons. The number of nitrogens with one attached hydrogen (secondary N) is 1. The smallest absolute Gasteiger partial charge is 0.339 e. The van der Waals surface area contributed by atoms with Gasteiger partial charge in [-0.3, -0.25) is 0 Å². The molecule has 0 fully saturated rings. The van der Waals surface area contributed by atoms with E-state index in [0.717, 1.165) is 5.57 Å². The summed E-state index contributed by atoms with van der Waals surface area (Å²) < 4.78 is 14.5. The predicted molar refractivity (Wildman–Crippen MR) is 113 cm³/mol. The van der Waals surface area contributed by atoms with E-state index in [-0.39, 0.29) is 11.3 Å². The van der Waals surface area contributed by atoms with Crippen molar-refractivity contribution in [1.82, 2.24) is 0 Å². The molecule has 3 N–H and O–H groups in total. The van der Waals surface area contributed by atoms with Crippen LogP contribution in [0, 0.1) is 0 Å². The first kappa shape index (κ1) is 21.5. The normalized spacial score (nSPS) is 10.3. The molecule has 0 amide bonds. The number of benzene rings is 2. The van der Waals surface area contributed by atoms with Gasteiger partial charge in [-0.2, -0.15) is 0 Å². The average molecular weight is 404 g/mol. The molecule has 7 heteroatoms. The average Bonchev–Trinajstić information content (AvgIpc) is 2.63. The molecule has 0 unspecified atom stereocenters. The molecule has 28 heavy (non-hydrogen) atoms. The SMILES string of the molecule is CCOc1cccc(NSc2cc(C=C(C)C)c(O)c(C(=O)O)c2)c1OCC. The predicted octanol–water partition coefficient (Wildman–Crippen LogP) is 5.43. The van der Waals surface area contributed by atoms with Gasteiger partial charge in [0.2, 0.25) is 0 Å². The molecule has 0 aromatic heterocycles. The summed E-state index contributed by atoms with van der Waals surface area (Å²) in [5.74, 6) is -0.193. The lowest BCUT2D eigenvalue weighted by atomic mass is 10.1. The number of carbonyl (C=O) groups is 1. The second-order valence-electron chi connectivity index (χ2n) is 6.14. The van der Waals surface area contributed by atoms with Gasteiger partial charge in [0, 0.05) is 10.5 Å².